The summed E-state index contributed by atoms with van der Waals surface area (Å²) in [5.74, 6) is 0.753. The molecule has 9 heteroatoms. The number of nitrogens with one attached hydrogen (secondary N) is 1. The first-order valence-electron chi connectivity index (χ1n) is 8.43. The lowest BCUT2D eigenvalue weighted by molar-refractivity contribution is 0.482. The molecule has 28 heavy (non-hydrogen) atoms. The minimum Gasteiger partial charge on any atom is -0.406 e. The first-order chi connectivity index (χ1) is 13.4. The smallest absolute Gasteiger partial charge is 0.320 e. The van der Waals surface area contributed by atoms with Gasteiger partial charge in [0, 0.05) is 10.7 Å². The van der Waals surface area contributed by atoms with Gasteiger partial charge in [-0.1, -0.05) is 40.4 Å². The molecule has 0 aliphatic carbocycles. The summed E-state index contributed by atoms with van der Waals surface area (Å²) in [7, 11) is 0. The largest absolute Gasteiger partial charge is 0.406 e. The van der Waals surface area contributed by atoms with Crippen molar-refractivity contribution in [3.63, 3.8) is 0 Å². The van der Waals surface area contributed by atoms with Gasteiger partial charge in [0.05, 0.1) is 15.9 Å². The molecule has 0 amide bonds. The Morgan fingerprint density at radius 3 is 2.75 bits per heavy atom. The van der Waals surface area contributed by atoms with E-state index in [4.69, 9.17) is 27.6 Å². The Kier molecular flexibility index (Phi) is 4.78. The van der Waals surface area contributed by atoms with Crippen LogP contribution in [-0.4, -0.2) is 19.7 Å². The number of fused-ring (bicyclic) bond motifs is 1. The molecular formula is C19H15Cl2N5O2. The normalized spacial score (nSPS) is 11.1. The van der Waals surface area contributed by atoms with Crippen LogP contribution in [0.15, 0.2) is 45.6 Å². The van der Waals surface area contributed by atoms with Crippen molar-refractivity contribution >= 4 is 45.8 Å². The minimum atomic E-state index is -0.279. The summed E-state index contributed by atoms with van der Waals surface area (Å²) in [6.45, 7) is 3.79. The van der Waals surface area contributed by atoms with Crippen LogP contribution >= 0.6 is 23.2 Å². The van der Waals surface area contributed by atoms with Gasteiger partial charge in [-0.15, -0.1) is 5.10 Å². The van der Waals surface area contributed by atoms with Crippen molar-refractivity contribution in [2.45, 2.75) is 20.4 Å². The second-order valence-corrected chi connectivity index (χ2v) is 7.17. The van der Waals surface area contributed by atoms with Crippen molar-refractivity contribution in [3.05, 3.63) is 74.1 Å². The van der Waals surface area contributed by atoms with Gasteiger partial charge in [-0.25, -0.2) is 4.98 Å². The molecule has 0 bridgehead atoms. The molecular weight excluding hydrogens is 401 g/mol. The van der Waals surface area contributed by atoms with E-state index >= 15 is 0 Å². The quantitative estimate of drug-likeness (QED) is 0.528. The van der Waals surface area contributed by atoms with Gasteiger partial charge in [-0.3, -0.25) is 9.36 Å². The SMILES string of the molecule is Cc1cccc(Nc2nnc(Cn3c(C)nc4c(Cl)cc(Cl)cc4c3=O)o2)c1. The number of rotatable bonds is 4. The molecule has 0 fully saturated rings. The Bertz CT molecular complexity index is 1250. The molecule has 2 aromatic carbocycles. The zero-order chi connectivity index (χ0) is 19.8. The average molecular weight is 416 g/mol. The van der Waals surface area contributed by atoms with Crippen molar-refractivity contribution in [2.75, 3.05) is 5.32 Å². The Hall–Kier alpha value is -2.90. The first-order valence-corrected chi connectivity index (χ1v) is 9.18. The maximum atomic E-state index is 12.9. The Morgan fingerprint density at radius 2 is 1.96 bits per heavy atom. The van der Waals surface area contributed by atoms with E-state index in [1.807, 2.05) is 31.2 Å². The lowest BCUT2D eigenvalue weighted by Gasteiger charge is -2.09. The molecule has 4 aromatic rings. The number of halogens is 2. The monoisotopic (exact) mass is 415 g/mol. The zero-order valence-electron chi connectivity index (χ0n) is 15.0. The van der Waals surface area contributed by atoms with Crippen molar-refractivity contribution in [2.24, 2.45) is 0 Å². The molecule has 0 aliphatic heterocycles. The average Bonchev–Trinajstić information content (AvgIpc) is 3.07. The highest BCUT2D eigenvalue weighted by molar-refractivity contribution is 6.38. The van der Waals surface area contributed by atoms with Crippen molar-refractivity contribution in [1.82, 2.24) is 19.7 Å². The van der Waals surface area contributed by atoms with E-state index in [1.165, 1.54) is 4.57 Å². The first kappa shape index (κ1) is 18.5. The minimum absolute atomic E-state index is 0.0836. The molecule has 0 atom stereocenters. The number of hydrogen-bond acceptors (Lipinski definition) is 6. The maximum Gasteiger partial charge on any atom is 0.320 e. The summed E-state index contributed by atoms with van der Waals surface area (Å²) in [5, 5.41) is 12.1. The standard InChI is InChI=1S/C19H15Cl2N5O2/c1-10-4-3-5-13(6-10)23-19-25-24-16(28-19)9-26-11(2)22-17-14(18(26)27)7-12(20)8-15(17)21/h3-8H,9H2,1-2H3,(H,23,25). The molecule has 0 aliphatic rings. The van der Waals surface area contributed by atoms with Crippen molar-refractivity contribution in [1.29, 1.82) is 0 Å². The predicted molar refractivity (Wildman–Crippen MR) is 109 cm³/mol. The van der Waals surface area contributed by atoms with Crippen LogP contribution in [0.2, 0.25) is 10.0 Å². The summed E-state index contributed by atoms with van der Waals surface area (Å²) < 4.78 is 7.07. The number of nitrogens with zero attached hydrogens (tertiary/aromatic N) is 4. The van der Waals surface area contributed by atoms with Crippen LogP contribution in [0, 0.1) is 13.8 Å². The number of anilines is 2. The second-order valence-electron chi connectivity index (χ2n) is 6.33. The third-order valence-electron chi connectivity index (χ3n) is 4.20. The van der Waals surface area contributed by atoms with Crippen molar-refractivity contribution in [3.8, 4) is 0 Å². The topological polar surface area (TPSA) is 85.8 Å². The summed E-state index contributed by atoms with van der Waals surface area (Å²) >= 11 is 12.2. The number of aromatic nitrogens is 4. The van der Waals surface area contributed by atoms with Crippen LogP contribution in [0.4, 0.5) is 11.7 Å². The van der Waals surface area contributed by atoms with Crippen LogP contribution in [-0.2, 0) is 6.54 Å². The van der Waals surface area contributed by atoms with Gasteiger partial charge >= 0.3 is 6.01 Å². The van der Waals surface area contributed by atoms with E-state index in [2.05, 4.69) is 20.5 Å². The number of aryl methyl sites for hydroxylation is 2. The van der Waals surface area contributed by atoms with E-state index in [9.17, 15) is 4.79 Å². The summed E-state index contributed by atoms with van der Waals surface area (Å²) in [6, 6.07) is 11.1. The molecule has 2 heterocycles. The molecule has 0 spiro atoms. The predicted octanol–water partition coefficient (Wildman–Crippen LogP) is 4.50. The molecule has 2 aromatic heterocycles. The van der Waals surface area contributed by atoms with Crippen LogP contribution in [0.3, 0.4) is 0 Å². The highest BCUT2D eigenvalue weighted by Crippen LogP contribution is 2.25. The fraction of sp³-hybridized carbons (Fsp3) is 0.158. The molecule has 4 rings (SSSR count). The highest BCUT2D eigenvalue weighted by Gasteiger charge is 2.15. The van der Waals surface area contributed by atoms with Gasteiger partial charge < -0.3 is 9.73 Å². The van der Waals surface area contributed by atoms with Gasteiger partial charge in [0.25, 0.3) is 5.56 Å². The van der Waals surface area contributed by atoms with Gasteiger partial charge in [0.1, 0.15) is 12.4 Å². The number of benzene rings is 2. The van der Waals surface area contributed by atoms with Gasteiger partial charge in [0.15, 0.2) is 0 Å². The molecule has 142 valence electrons. The van der Waals surface area contributed by atoms with Gasteiger partial charge in [0.2, 0.25) is 5.89 Å². The lowest BCUT2D eigenvalue weighted by Crippen LogP contribution is -2.24. The number of hydrogen-bond donors (Lipinski definition) is 1. The van der Waals surface area contributed by atoms with E-state index in [0.29, 0.717) is 26.8 Å². The Morgan fingerprint density at radius 1 is 1.14 bits per heavy atom. The highest BCUT2D eigenvalue weighted by atomic mass is 35.5. The third-order valence-corrected chi connectivity index (χ3v) is 4.70. The fourth-order valence-corrected chi connectivity index (χ4v) is 3.43. The van der Waals surface area contributed by atoms with Gasteiger partial charge in [-0.2, -0.15) is 0 Å². The lowest BCUT2D eigenvalue weighted by atomic mass is 10.2. The van der Waals surface area contributed by atoms with Crippen LogP contribution in [0.25, 0.3) is 10.9 Å². The Labute approximate surface area is 169 Å². The molecule has 0 saturated carbocycles. The molecule has 1 N–H and O–H groups in total. The van der Waals surface area contributed by atoms with Gasteiger partial charge in [-0.05, 0) is 43.7 Å². The van der Waals surface area contributed by atoms with E-state index in [0.717, 1.165) is 11.3 Å². The van der Waals surface area contributed by atoms with Crippen molar-refractivity contribution < 1.29 is 4.42 Å². The van der Waals surface area contributed by atoms with E-state index in [1.54, 1.807) is 19.1 Å². The second kappa shape index (κ2) is 7.26. The molecule has 7 nitrogen and oxygen atoms in total. The van der Waals surface area contributed by atoms with Crippen LogP contribution < -0.4 is 10.9 Å². The fourth-order valence-electron chi connectivity index (χ4n) is 2.89. The Balaban J connectivity index is 1.65. The van der Waals surface area contributed by atoms with Crippen LogP contribution in [0.1, 0.15) is 17.3 Å². The summed E-state index contributed by atoms with van der Waals surface area (Å²) in [4.78, 5) is 17.3. The molecule has 0 unspecified atom stereocenters. The summed E-state index contributed by atoms with van der Waals surface area (Å²) in [6.07, 6.45) is 0. The molecule has 0 saturated heterocycles. The molecule has 0 radical (unpaired) electrons. The van der Waals surface area contributed by atoms with Crippen LogP contribution in [0.5, 0.6) is 0 Å². The summed E-state index contributed by atoms with van der Waals surface area (Å²) in [5.41, 5.74) is 2.07. The maximum absolute atomic E-state index is 12.9. The van der Waals surface area contributed by atoms with E-state index in [-0.39, 0.29) is 24.0 Å². The van der Waals surface area contributed by atoms with E-state index < -0.39 is 0 Å². The zero-order valence-corrected chi connectivity index (χ0v) is 16.5. The third kappa shape index (κ3) is 3.58.